The zero-order valence-corrected chi connectivity index (χ0v) is 18.8. The summed E-state index contributed by atoms with van der Waals surface area (Å²) in [6.45, 7) is 6.67. The van der Waals surface area contributed by atoms with E-state index in [0.29, 0.717) is 23.0 Å². The third kappa shape index (κ3) is 3.60. The lowest BCUT2D eigenvalue weighted by molar-refractivity contribution is -0.164. The number of hydrogen-bond donors (Lipinski definition) is 1. The van der Waals surface area contributed by atoms with Crippen LogP contribution in [0.2, 0.25) is 0 Å². The van der Waals surface area contributed by atoms with E-state index >= 15 is 0 Å². The van der Waals surface area contributed by atoms with Gasteiger partial charge in [-0.05, 0) is 99.2 Å². The summed E-state index contributed by atoms with van der Waals surface area (Å²) in [4.78, 5) is 35.0. The number of carboxylic acid groups (broad SMARTS) is 1. The smallest absolute Gasteiger partial charge is 0.306 e. The lowest BCUT2D eigenvalue weighted by Crippen LogP contribution is -2.54. The molecule has 4 rings (SSSR count). The van der Waals surface area contributed by atoms with Crippen molar-refractivity contribution >= 4 is 17.7 Å². The molecule has 0 unspecified atom stereocenters. The third-order valence-electron chi connectivity index (χ3n) is 9.95. The molecule has 0 bridgehead atoms. The number of fused-ring (bicyclic) bond motifs is 5. The van der Waals surface area contributed by atoms with E-state index in [4.69, 9.17) is 9.84 Å². The van der Waals surface area contributed by atoms with E-state index < -0.39 is 5.97 Å². The Morgan fingerprint density at radius 1 is 0.900 bits per heavy atom. The summed E-state index contributed by atoms with van der Waals surface area (Å²) in [5.74, 6) is 2.07. The minimum atomic E-state index is -0.954. The van der Waals surface area contributed by atoms with Gasteiger partial charge in [-0.25, -0.2) is 0 Å². The standard InChI is InChI=1S/C25H38O5/c1-15(26)19-6-7-20-18-5-4-16-14-17(30-23(29)9-8-22(27)28)10-12-24(16,2)21(18)11-13-25(19,20)3/h16-21H,4-14H2,1-3H3,(H,27,28)/t16-,17-,18+,19-,20+,21+,24-,25+/m0/s1. The third-order valence-corrected chi connectivity index (χ3v) is 9.95. The summed E-state index contributed by atoms with van der Waals surface area (Å²) < 4.78 is 5.66. The number of aliphatic carboxylic acids is 1. The van der Waals surface area contributed by atoms with Crippen molar-refractivity contribution in [2.24, 2.45) is 40.4 Å². The fourth-order valence-electron chi connectivity index (χ4n) is 8.45. The predicted molar refractivity (Wildman–Crippen MR) is 113 cm³/mol. The van der Waals surface area contributed by atoms with E-state index in [1.54, 1.807) is 6.92 Å². The minimum absolute atomic E-state index is 0.0317. The lowest BCUT2D eigenvalue weighted by atomic mass is 9.44. The summed E-state index contributed by atoms with van der Waals surface area (Å²) in [7, 11) is 0. The van der Waals surface area contributed by atoms with Crippen molar-refractivity contribution < 1.29 is 24.2 Å². The van der Waals surface area contributed by atoms with Gasteiger partial charge in [-0.2, -0.15) is 0 Å². The SMILES string of the molecule is CC(=O)[C@@H]1CC[C@@H]2[C@H]3CC[C@H]4C[C@@H](OC(=O)CCC(=O)O)CC[C@]4(C)[C@@H]3CC[C@@]21C. The fraction of sp³-hybridized carbons (Fsp3) is 0.880. The second kappa shape index (κ2) is 7.94. The van der Waals surface area contributed by atoms with Crippen LogP contribution in [0, 0.1) is 40.4 Å². The maximum atomic E-state index is 12.3. The highest BCUT2D eigenvalue weighted by Crippen LogP contribution is 2.67. The summed E-state index contributed by atoms with van der Waals surface area (Å²) in [5, 5.41) is 8.77. The molecule has 4 aliphatic carbocycles. The van der Waals surface area contributed by atoms with Crippen LogP contribution in [0.1, 0.15) is 91.4 Å². The largest absolute Gasteiger partial charge is 0.481 e. The second-order valence-corrected chi connectivity index (χ2v) is 11.2. The number of Topliss-reactive ketones (excluding diaryl/α,β-unsaturated/α-hetero) is 1. The van der Waals surface area contributed by atoms with Gasteiger partial charge < -0.3 is 9.84 Å². The van der Waals surface area contributed by atoms with Crippen molar-refractivity contribution in [3.8, 4) is 0 Å². The number of hydrogen-bond acceptors (Lipinski definition) is 4. The predicted octanol–water partition coefficient (Wildman–Crippen LogP) is 5.01. The molecule has 0 aromatic heterocycles. The Kier molecular flexibility index (Phi) is 5.78. The monoisotopic (exact) mass is 418 g/mol. The maximum Gasteiger partial charge on any atom is 0.306 e. The van der Waals surface area contributed by atoms with E-state index in [9.17, 15) is 14.4 Å². The molecule has 4 saturated carbocycles. The van der Waals surface area contributed by atoms with E-state index in [0.717, 1.165) is 37.5 Å². The van der Waals surface area contributed by atoms with Gasteiger partial charge in [0.2, 0.25) is 0 Å². The van der Waals surface area contributed by atoms with Gasteiger partial charge in [0.15, 0.2) is 0 Å². The van der Waals surface area contributed by atoms with Gasteiger partial charge in [-0.3, -0.25) is 14.4 Å². The molecule has 5 nitrogen and oxygen atoms in total. The Balaban J connectivity index is 1.42. The quantitative estimate of drug-likeness (QED) is 0.635. The second-order valence-electron chi connectivity index (χ2n) is 11.2. The first kappa shape index (κ1) is 21.8. The average molecular weight is 419 g/mol. The number of ether oxygens (including phenoxy) is 1. The topological polar surface area (TPSA) is 80.7 Å². The zero-order valence-electron chi connectivity index (χ0n) is 18.8. The molecule has 0 aromatic rings. The number of carbonyl (C=O) groups excluding carboxylic acids is 2. The molecule has 1 N–H and O–H groups in total. The Morgan fingerprint density at radius 3 is 2.30 bits per heavy atom. The molecule has 0 saturated heterocycles. The van der Waals surface area contributed by atoms with Crippen molar-refractivity contribution in [1.82, 2.24) is 0 Å². The molecule has 4 fully saturated rings. The van der Waals surface area contributed by atoms with Crippen molar-refractivity contribution in [3.63, 3.8) is 0 Å². The van der Waals surface area contributed by atoms with E-state index in [1.807, 2.05) is 0 Å². The van der Waals surface area contributed by atoms with Crippen molar-refractivity contribution in [1.29, 1.82) is 0 Å². The van der Waals surface area contributed by atoms with Gasteiger partial charge in [-0.1, -0.05) is 13.8 Å². The lowest BCUT2D eigenvalue weighted by Gasteiger charge is -2.61. The van der Waals surface area contributed by atoms with Crippen LogP contribution in [0.5, 0.6) is 0 Å². The molecule has 4 aliphatic rings. The summed E-state index contributed by atoms with van der Waals surface area (Å²) in [5.41, 5.74) is 0.510. The Morgan fingerprint density at radius 2 is 1.60 bits per heavy atom. The molecular weight excluding hydrogens is 380 g/mol. The average Bonchev–Trinajstić information content (AvgIpc) is 3.04. The first-order valence-electron chi connectivity index (χ1n) is 12.1. The molecule has 30 heavy (non-hydrogen) atoms. The van der Waals surface area contributed by atoms with Crippen LogP contribution in [0.15, 0.2) is 0 Å². The van der Waals surface area contributed by atoms with Crippen molar-refractivity contribution in [2.45, 2.75) is 97.5 Å². The number of carboxylic acids is 1. The summed E-state index contributed by atoms with van der Waals surface area (Å²) in [6.07, 6.45) is 9.82. The van der Waals surface area contributed by atoms with Crippen LogP contribution >= 0.6 is 0 Å². The zero-order chi connectivity index (χ0) is 21.7. The molecule has 8 atom stereocenters. The summed E-state index contributed by atoms with van der Waals surface area (Å²) >= 11 is 0. The minimum Gasteiger partial charge on any atom is -0.481 e. The Hall–Kier alpha value is -1.39. The number of carbonyl (C=O) groups is 3. The molecular formula is C25H38O5. The molecule has 0 aliphatic heterocycles. The van der Waals surface area contributed by atoms with Crippen LogP contribution in [-0.2, 0) is 19.1 Å². The van der Waals surface area contributed by atoms with E-state index in [-0.39, 0.29) is 36.2 Å². The summed E-state index contributed by atoms with van der Waals surface area (Å²) in [6, 6.07) is 0. The number of rotatable bonds is 5. The molecule has 168 valence electrons. The van der Waals surface area contributed by atoms with Crippen molar-refractivity contribution in [3.05, 3.63) is 0 Å². The van der Waals surface area contributed by atoms with Crippen molar-refractivity contribution in [2.75, 3.05) is 0 Å². The molecule has 5 heteroatoms. The van der Waals surface area contributed by atoms with Crippen LogP contribution in [-0.4, -0.2) is 28.9 Å². The van der Waals surface area contributed by atoms with Crippen LogP contribution in [0.3, 0.4) is 0 Å². The van der Waals surface area contributed by atoms with Gasteiger partial charge in [0.25, 0.3) is 0 Å². The highest BCUT2D eigenvalue weighted by atomic mass is 16.5. The molecule has 0 radical (unpaired) electrons. The maximum absolute atomic E-state index is 12.3. The van der Waals surface area contributed by atoms with Gasteiger partial charge in [0.1, 0.15) is 11.9 Å². The molecule has 0 spiro atoms. The van der Waals surface area contributed by atoms with Crippen LogP contribution in [0.25, 0.3) is 0 Å². The molecule has 0 aromatic carbocycles. The fourth-order valence-corrected chi connectivity index (χ4v) is 8.45. The van der Waals surface area contributed by atoms with E-state index in [1.165, 1.54) is 32.1 Å². The normalized spacial score (nSPS) is 45.0. The highest BCUT2D eigenvalue weighted by molar-refractivity contribution is 5.79. The van der Waals surface area contributed by atoms with Crippen LogP contribution < -0.4 is 0 Å². The van der Waals surface area contributed by atoms with E-state index in [2.05, 4.69) is 13.8 Å². The molecule has 0 heterocycles. The number of esters is 1. The highest BCUT2D eigenvalue weighted by Gasteiger charge is 2.60. The Labute approximate surface area is 180 Å². The first-order valence-corrected chi connectivity index (χ1v) is 12.1. The van der Waals surface area contributed by atoms with Gasteiger partial charge >= 0.3 is 11.9 Å². The van der Waals surface area contributed by atoms with Crippen LogP contribution in [0.4, 0.5) is 0 Å². The molecule has 0 amide bonds. The Bertz CT molecular complexity index is 716. The number of ketones is 1. The van der Waals surface area contributed by atoms with Gasteiger partial charge in [-0.15, -0.1) is 0 Å². The van der Waals surface area contributed by atoms with Gasteiger partial charge in [0.05, 0.1) is 12.8 Å². The first-order chi connectivity index (χ1) is 14.1. The van der Waals surface area contributed by atoms with Gasteiger partial charge in [0, 0.05) is 5.92 Å².